The van der Waals surface area contributed by atoms with Crippen molar-refractivity contribution >= 4 is 11.8 Å². The van der Waals surface area contributed by atoms with Crippen LogP contribution in [0.15, 0.2) is 54.5 Å². The van der Waals surface area contributed by atoms with Gasteiger partial charge in [-0.3, -0.25) is 4.79 Å². The largest absolute Gasteiger partial charge is 0.469 e. The van der Waals surface area contributed by atoms with E-state index in [1.165, 1.54) is 30.9 Å². The summed E-state index contributed by atoms with van der Waals surface area (Å²) in [4.78, 5) is 22.4. The lowest BCUT2D eigenvalue weighted by molar-refractivity contribution is -0.137. The third kappa shape index (κ3) is 8.04. The smallest absolute Gasteiger partial charge is 0.333 e. The van der Waals surface area contributed by atoms with Gasteiger partial charge in [-0.1, -0.05) is 30.3 Å². The lowest BCUT2D eigenvalue weighted by Crippen LogP contribution is -2.00. The van der Waals surface area contributed by atoms with Crippen LogP contribution in [0.5, 0.6) is 0 Å². The van der Waals surface area contributed by atoms with Crippen molar-refractivity contribution in [2.45, 2.75) is 33.1 Å². The zero-order chi connectivity index (χ0) is 16.2. The predicted octanol–water partition coefficient (Wildman–Crippen LogP) is 3.58. The maximum Gasteiger partial charge on any atom is 0.333 e. The lowest BCUT2D eigenvalue weighted by atomic mass is 10.1. The predicted molar refractivity (Wildman–Crippen MR) is 85.0 cm³/mol. The van der Waals surface area contributed by atoms with Crippen molar-refractivity contribution in [3.63, 3.8) is 0 Å². The molecular formula is C18H22O4. The van der Waals surface area contributed by atoms with Gasteiger partial charge in [-0.25, -0.2) is 4.79 Å². The van der Waals surface area contributed by atoms with Gasteiger partial charge < -0.3 is 9.47 Å². The summed E-state index contributed by atoms with van der Waals surface area (Å²) >= 11 is 0. The first-order valence-corrected chi connectivity index (χ1v) is 7.37. The van der Waals surface area contributed by atoms with Crippen molar-refractivity contribution < 1.29 is 19.1 Å². The van der Waals surface area contributed by atoms with Crippen LogP contribution in [0, 0.1) is 0 Å². The van der Waals surface area contributed by atoms with Gasteiger partial charge in [0, 0.05) is 12.5 Å². The second kappa shape index (κ2) is 10.4. The standard InChI is InChI=1S/C18H22O4/c1-3-21-18(20)12-13-22-17(14-15(2)19)11-7-10-16-8-5-4-6-9-16/h4-6,8-9,12-14H,3,7,10-11H2,1-2H3/b13-12+,17-14-. The third-order valence-corrected chi connectivity index (χ3v) is 2.81. The van der Waals surface area contributed by atoms with Crippen LogP contribution < -0.4 is 0 Å². The molecule has 118 valence electrons. The summed E-state index contributed by atoms with van der Waals surface area (Å²) in [5.41, 5.74) is 1.24. The minimum Gasteiger partial charge on any atom is -0.469 e. The highest BCUT2D eigenvalue weighted by Gasteiger charge is 2.02. The summed E-state index contributed by atoms with van der Waals surface area (Å²) in [5, 5.41) is 0. The number of aryl methyl sites for hydroxylation is 1. The van der Waals surface area contributed by atoms with E-state index >= 15 is 0 Å². The number of ketones is 1. The van der Waals surface area contributed by atoms with Crippen LogP contribution in [0.25, 0.3) is 0 Å². The Morgan fingerprint density at radius 3 is 2.55 bits per heavy atom. The zero-order valence-corrected chi connectivity index (χ0v) is 13.1. The normalized spacial score (nSPS) is 11.5. The molecule has 4 nitrogen and oxygen atoms in total. The number of carbonyl (C=O) groups excluding carboxylic acids is 2. The number of rotatable bonds is 9. The molecule has 22 heavy (non-hydrogen) atoms. The van der Waals surface area contributed by atoms with Crippen LogP contribution in [0.4, 0.5) is 0 Å². The molecule has 0 aromatic heterocycles. The van der Waals surface area contributed by atoms with Gasteiger partial charge in [-0.05, 0) is 32.3 Å². The van der Waals surface area contributed by atoms with Crippen molar-refractivity contribution in [1.29, 1.82) is 0 Å². The Kier molecular flexibility index (Phi) is 8.35. The van der Waals surface area contributed by atoms with Crippen LogP contribution in [-0.4, -0.2) is 18.4 Å². The zero-order valence-electron chi connectivity index (χ0n) is 13.1. The van der Waals surface area contributed by atoms with E-state index in [0.717, 1.165) is 12.8 Å². The van der Waals surface area contributed by atoms with Crippen LogP contribution in [0.2, 0.25) is 0 Å². The summed E-state index contributed by atoms with van der Waals surface area (Å²) < 4.78 is 10.1. The number of benzene rings is 1. The molecule has 4 heteroatoms. The fourth-order valence-electron chi connectivity index (χ4n) is 1.87. The Balaban J connectivity index is 2.47. The molecule has 1 aromatic rings. The number of carbonyl (C=O) groups is 2. The molecule has 1 rings (SSSR count). The quantitative estimate of drug-likeness (QED) is 0.397. The van der Waals surface area contributed by atoms with Gasteiger partial charge in [-0.15, -0.1) is 0 Å². The highest BCUT2D eigenvalue weighted by atomic mass is 16.5. The van der Waals surface area contributed by atoms with Crippen molar-refractivity contribution in [2.24, 2.45) is 0 Å². The minimum absolute atomic E-state index is 0.0840. The Labute approximate surface area is 131 Å². The number of allylic oxidation sites excluding steroid dienone is 2. The molecule has 1 aromatic carbocycles. The first kappa shape index (κ1) is 17.7. The third-order valence-electron chi connectivity index (χ3n) is 2.81. The van der Waals surface area contributed by atoms with E-state index < -0.39 is 5.97 Å². The van der Waals surface area contributed by atoms with E-state index in [1.807, 2.05) is 18.2 Å². The number of hydrogen-bond donors (Lipinski definition) is 0. The van der Waals surface area contributed by atoms with Gasteiger partial charge >= 0.3 is 5.97 Å². The van der Waals surface area contributed by atoms with Gasteiger partial charge in [0.1, 0.15) is 5.76 Å². The van der Waals surface area contributed by atoms with Crippen LogP contribution >= 0.6 is 0 Å². The van der Waals surface area contributed by atoms with E-state index in [-0.39, 0.29) is 5.78 Å². The molecule has 0 atom stereocenters. The summed E-state index contributed by atoms with van der Waals surface area (Å²) in [6.45, 7) is 3.52. The van der Waals surface area contributed by atoms with E-state index in [0.29, 0.717) is 18.8 Å². The molecule has 0 bridgehead atoms. The molecule has 0 heterocycles. The van der Waals surface area contributed by atoms with Crippen LogP contribution in [0.3, 0.4) is 0 Å². The number of esters is 1. The molecule has 0 unspecified atom stereocenters. The van der Waals surface area contributed by atoms with Crippen molar-refractivity contribution in [2.75, 3.05) is 6.61 Å². The molecule has 0 N–H and O–H groups in total. The number of ether oxygens (including phenoxy) is 2. The fraction of sp³-hybridized carbons (Fsp3) is 0.333. The van der Waals surface area contributed by atoms with E-state index in [9.17, 15) is 9.59 Å². The summed E-state index contributed by atoms with van der Waals surface area (Å²) in [7, 11) is 0. The lowest BCUT2D eigenvalue weighted by Gasteiger charge is -2.06. The molecule has 0 saturated carbocycles. The molecule has 0 aliphatic heterocycles. The van der Waals surface area contributed by atoms with Gasteiger partial charge in [0.15, 0.2) is 5.78 Å². The average Bonchev–Trinajstić information content (AvgIpc) is 2.48. The molecule has 0 radical (unpaired) electrons. The Hall–Kier alpha value is -2.36. The summed E-state index contributed by atoms with van der Waals surface area (Å²) in [6.07, 6.45) is 6.30. The monoisotopic (exact) mass is 302 g/mol. The van der Waals surface area contributed by atoms with Crippen molar-refractivity contribution in [1.82, 2.24) is 0 Å². The molecule has 0 aliphatic carbocycles. The van der Waals surface area contributed by atoms with Crippen LogP contribution in [-0.2, 0) is 25.5 Å². The summed E-state index contributed by atoms with van der Waals surface area (Å²) in [5.74, 6) is -0.00261. The molecule has 0 saturated heterocycles. The van der Waals surface area contributed by atoms with E-state index in [2.05, 4.69) is 12.1 Å². The Bertz CT molecular complexity index is 529. The summed E-state index contributed by atoms with van der Waals surface area (Å²) in [6, 6.07) is 10.1. The second-order valence-corrected chi connectivity index (χ2v) is 4.73. The molecular weight excluding hydrogens is 280 g/mol. The SMILES string of the molecule is CCOC(=O)/C=C/O/C(=C\C(C)=O)CCCc1ccccc1. The van der Waals surface area contributed by atoms with E-state index in [4.69, 9.17) is 9.47 Å². The van der Waals surface area contributed by atoms with Gasteiger partial charge in [0.25, 0.3) is 0 Å². The molecule has 0 fully saturated rings. The first-order chi connectivity index (χ1) is 10.6. The number of hydrogen-bond acceptors (Lipinski definition) is 4. The van der Waals surface area contributed by atoms with Crippen LogP contribution in [0.1, 0.15) is 32.3 Å². The van der Waals surface area contributed by atoms with Gasteiger partial charge in [-0.2, -0.15) is 0 Å². The second-order valence-electron chi connectivity index (χ2n) is 4.73. The highest BCUT2D eigenvalue weighted by molar-refractivity contribution is 5.87. The molecule has 0 aliphatic rings. The minimum atomic E-state index is -0.464. The first-order valence-electron chi connectivity index (χ1n) is 7.37. The van der Waals surface area contributed by atoms with Gasteiger partial charge in [0.2, 0.25) is 0 Å². The highest BCUT2D eigenvalue weighted by Crippen LogP contribution is 2.12. The molecule has 0 amide bonds. The van der Waals surface area contributed by atoms with E-state index in [1.54, 1.807) is 6.92 Å². The molecule has 0 spiro atoms. The van der Waals surface area contributed by atoms with Crippen molar-refractivity contribution in [3.05, 3.63) is 60.1 Å². The maximum atomic E-state index is 11.2. The van der Waals surface area contributed by atoms with Crippen molar-refractivity contribution in [3.8, 4) is 0 Å². The fourth-order valence-corrected chi connectivity index (χ4v) is 1.87. The Morgan fingerprint density at radius 1 is 1.18 bits per heavy atom. The maximum absolute atomic E-state index is 11.2. The Morgan fingerprint density at radius 2 is 1.91 bits per heavy atom. The van der Waals surface area contributed by atoms with Gasteiger partial charge in [0.05, 0.1) is 18.9 Å². The topological polar surface area (TPSA) is 52.6 Å². The average molecular weight is 302 g/mol.